The van der Waals surface area contributed by atoms with Gasteiger partial charge in [-0.25, -0.2) is 13.8 Å². The molecule has 0 aromatic heterocycles. The highest BCUT2D eigenvalue weighted by atomic mass is 19.3. The molecule has 0 fully saturated rings. The quantitative estimate of drug-likeness (QED) is 0.487. The zero-order valence-electron chi connectivity index (χ0n) is 16.5. The average molecular weight is 421 g/mol. The van der Waals surface area contributed by atoms with Crippen LogP contribution in [0.25, 0.3) is 0 Å². The number of hydrogen-bond acceptors (Lipinski definition) is 4. The molecular weight excluding hydrogens is 398 g/mol. The summed E-state index contributed by atoms with van der Waals surface area (Å²) in [6.07, 6.45) is 0.606. The molecule has 3 rings (SSSR count). The lowest BCUT2D eigenvalue weighted by atomic mass is 9.82. The molecule has 0 saturated carbocycles. The van der Waals surface area contributed by atoms with Gasteiger partial charge in [0.15, 0.2) is 5.96 Å². The van der Waals surface area contributed by atoms with Crippen molar-refractivity contribution in [1.29, 1.82) is 0 Å². The van der Waals surface area contributed by atoms with Crippen LogP contribution in [0.4, 0.5) is 17.6 Å². The molecule has 1 aliphatic heterocycles. The molecule has 0 amide bonds. The van der Waals surface area contributed by atoms with Gasteiger partial charge in [-0.2, -0.15) is 8.78 Å². The lowest BCUT2D eigenvalue weighted by molar-refractivity contribution is -0.0498. The van der Waals surface area contributed by atoms with E-state index in [2.05, 4.69) is 16.3 Å². The third-order valence-electron chi connectivity index (χ3n) is 5.15. The van der Waals surface area contributed by atoms with Crippen molar-refractivity contribution in [2.45, 2.75) is 31.2 Å². The Morgan fingerprint density at radius 3 is 2.43 bits per heavy atom. The molecule has 0 bridgehead atoms. The van der Waals surface area contributed by atoms with Crippen LogP contribution in [0.1, 0.15) is 35.7 Å². The normalized spacial score (nSPS) is 19.7. The van der Waals surface area contributed by atoms with Crippen molar-refractivity contribution in [3.8, 4) is 5.75 Å². The Kier molecular flexibility index (Phi) is 6.34. The van der Waals surface area contributed by atoms with E-state index in [4.69, 9.17) is 5.73 Å². The van der Waals surface area contributed by atoms with Crippen molar-refractivity contribution in [1.82, 2.24) is 4.90 Å². The summed E-state index contributed by atoms with van der Waals surface area (Å²) in [6.45, 7) is 0.952. The fraction of sp³-hybridized carbons (Fsp3) is 0.318. The van der Waals surface area contributed by atoms with Gasteiger partial charge >= 0.3 is 6.61 Å². The summed E-state index contributed by atoms with van der Waals surface area (Å²) in [6, 6.07) is 10.2. The molecule has 2 aromatic carbocycles. The highest BCUT2D eigenvalue weighted by Crippen LogP contribution is 2.40. The number of halogens is 4. The lowest BCUT2D eigenvalue weighted by Crippen LogP contribution is -2.35. The molecule has 2 aromatic rings. The number of hydrogen-bond donors (Lipinski definition) is 1. The van der Waals surface area contributed by atoms with Crippen LogP contribution in [0.2, 0.25) is 0 Å². The van der Waals surface area contributed by atoms with Gasteiger partial charge in [-0.1, -0.05) is 24.3 Å². The van der Waals surface area contributed by atoms with Gasteiger partial charge in [0.2, 0.25) is 0 Å². The molecule has 30 heavy (non-hydrogen) atoms. The number of alkyl halides is 3. The molecule has 0 aliphatic carbocycles. The maximum atomic E-state index is 14.7. The maximum absolute atomic E-state index is 14.7. The summed E-state index contributed by atoms with van der Waals surface area (Å²) in [5, 5.41) is 0. The summed E-state index contributed by atoms with van der Waals surface area (Å²) in [4.78, 5) is 6.31. The van der Waals surface area contributed by atoms with Crippen molar-refractivity contribution in [3.63, 3.8) is 0 Å². The predicted molar refractivity (Wildman–Crippen MR) is 108 cm³/mol. The Bertz CT molecular complexity index is 932. The van der Waals surface area contributed by atoms with E-state index in [9.17, 15) is 17.6 Å². The lowest BCUT2D eigenvalue weighted by Gasteiger charge is -2.29. The number of nitrogens with two attached hydrogens (primary N) is 1. The highest BCUT2D eigenvalue weighted by molar-refractivity contribution is 5.81. The van der Waals surface area contributed by atoms with E-state index < -0.39 is 24.1 Å². The van der Waals surface area contributed by atoms with Gasteiger partial charge in [0.05, 0.1) is 6.54 Å². The minimum atomic E-state index is -2.94. The van der Waals surface area contributed by atoms with Gasteiger partial charge in [-0.15, -0.1) is 6.58 Å². The first-order valence-corrected chi connectivity index (χ1v) is 9.43. The van der Waals surface area contributed by atoms with Gasteiger partial charge in [0.1, 0.15) is 23.3 Å². The van der Waals surface area contributed by atoms with E-state index in [0.29, 0.717) is 24.1 Å². The molecule has 1 heterocycles. The molecule has 0 spiro atoms. The topological polar surface area (TPSA) is 50.9 Å². The zero-order valence-corrected chi connectivity index (χ0v) is 16.5. The van der Waals surface area contributed by atoms with Crippen molar-refractivity contribution in [3.05, 3.63) is 77.6 Å². The molecule has 160 valence electrons. The smallest absolute Gasteiger partial charge is 0.387 e. The van der Waals surface area contributed by atoms with Crippen LogP contribution in [0, 0.1) is 5.82 Å². The summed E-state index contributed by atoms with van der Waals surface area (Å²) in [5.41, 5.74) is 6.10. The average Bonchev–Trinajstić information content (AvgIpc) is 3.02. The second-order valence-corrected chi connectivity index (χ2v) is 7.16. The van der Waals surface area contributed by atoms with Gasteiger partial charge in [-0.3, -0.25) is 0 Å². The number of guanidine groups is 1. The second kappa shape index (κ2) is 8.77. The van der Waals surface area contributed by atoms with Gasteiger partial charge < -0.3 is 15.4 Å². The molecule has 1 aliphatic rings. The fourth-order valence-electron chi connectivity index (χ4n) is 3.59. The maximum Gasteiger partial charge on any atom is 0.387 e. The number of likely N-dealkylation sites (N-methyl/N-ethyl adjacent to an activating group) is 1. The highest BCUT2D eigenvalue weighted by Gasteiger charge is 2.41. The number of ether oxygens (including phenoxy) is 1. The number of nitrogens with zero attached hydrogens (tertiary/aromatic N) is 2. The van der Waals surface area contributed by atoms with Gasteiger partial charge in [-0.05, 0) is 48.2 Å². The van der Waals surface area contributed by atoms with Crippen molar-refractivity contribution < 1.29 is 22.3 Å². The summed E-state index contributed by atoms with van der Waals surface area (Å²) >= 11 is 0. The molecule has 0 radical (unpaired) electrons. The van der Waals surface area contributed by atoms with Crippen LogP contribution < -0.4 is 10.5 Å². The minimum absolute atomic E-state index is 0.000227. The Morgan fingerprint density at radius 2 is 1.87 bits per heavy atom. The third-order valence-corrected chi connectivity index (χ3v) is 5.15. The Balaban J connectivity index is 2.06. The SMILES string of the molecule is C=CCCC(F)c1cc(C2(c3ccc(OC(F)F)cc3)CN(C)C(N)=N2)ccc1F. The molecular formula is C22H23F4N3O. The Labute approximate surface area is 172 Å². The summed E-state index contributed by atoms with van der Waals surface area (Å²) in [5.74, 6) is -0.382. The first kappa shape index (κ1) is 21.7. The molecule has 4 nitrogen and oxygen atoms in total. The van der Waals surface area contributed by atoms with E-state index in [-0.39, 0.29) is 23.7 Å². The van der Waals surface area contributed by atoms with Crippen molar-refractivity contribution in [2.24, 2.45) is 10.7 Å². The largest absolute Gasteiger partial charge is 0.435 e. The van der Waals surface area contributed by atoms with E-state index in [1.54, 1.807) is 36.2 Å². The third kappa shape index (κ3) is 4.27. The summed E-state index contributed by atoms with van der Waals surface area (Å²) in [7, 11) is 1.75. The van der Waals surface area contributed by atoms with E-state index in [1.807, 2.05) is 0 Å². The summed E-state index contributed by atoms with van der Waals surface area (Å²) < 4.78 is 58.4. The molecule has 2 N–H and O–H groups in total. The minimum Gasteiger partial charge on any atom is -0.435 e. The van der Waals surface area contributed by atoms with Crippen LogP contribution in [-0.2, 0) is 5.54 Å². The van der Waals surface area contributed by atoms with Gasteiger partial charge in [0.25, 0.3) is 0 Å². The number of aliphatic imine (C=N–C) groups is 1. The van der Waals surface area contributed by atoms with Crippen LogP contribution in [-0.4, -0.2) is 31.1 Å². The molecule has 2 atom stereocenters. The van der Waals surface area contributed by atoms with E-state index >= 15 is 0 Å². The van der Waals surface area contributed by atoms with E-state index in [0.717, 1.165) is 0 Å². The van der Waals surface area contributed by atoms with Crippen LogP contribution >= 0.6 is 0 Å². The zero-order chi connectivity index (χ0) is 21.9. The first-order chi connectivity index (χ1) is 14.3. The second-order valence-electron chi connectivity index (χ2n) is 7.16. The van der Waals surface area contributed by atoms with Crippen LogP contribution in [0.5, 0.6) is 5.75 Å². The predicted octanol–water partition coefficient (Wildman–Crippen LogP) is 4.91. The first-order valence-electron chi connectivity index (χ1n) is 9.43. The Morgan fingerprint density at radius 1 is 1.20 bits per heavy atom. The van der Waals surface area contributed by atoms with Crippen molar-refractivity contribution in [2.75, 3.05) is 13.6 Å². The van der Waals surface area contributed by atoms with Crippen LogP contribution in [0.15, 0.2) is 60.1 Å². The van der Waals surface area contributed by atoms with Gasteiger partial charge in [0, 0.05) is 12.6 Å². The monoisotopic (exact) mass is 421 g/mol. The number of allylic oxidation sites excluding steroid dienone is 1. The molecule has 2 unspecified atom stereocenters. The van der Waals surface area contributed by atoms with E-state index in [1.165, 1.54) is 24.3 Å². The molecule has 8 heteroatoms. The Hall–Kier alpha value is -3.03. The number of benzene rings is 2. The number of rotatable bonds is 8. The fourth-order valence-corrected chi connectivity index (χ4v) is 3.59. The van der Waals surface area contributed by atoms with Crippen LogP contribution in [0.3, 0.4) is 0 Å². The molecule has 0 saturated heterocycles. The van der Waals surface area contributed by atoms with Crippen molar-refractivity contribution >= 4 is 5.96 Å². The standard InChI is InChI=1S/C22H23F4N3O/c1-3-4-5-18(23)17-12-15(8-11-19(17)24)22(13-29(2)21(27)28-22)14-6-9-16(10-7-14)30-20(25)26/h3,6-12,18,20H,1,4-5,13H2,2H3,(H2,27,28).